The van der Waals surface area contributed by atoms with Gasteiger partial charge in [-0.05, 0) is 32.9 Å². The second-order valence-corrected chi connectivity index (χ2v) is 10.6. The Morgan fingerprint density at radius 1 is 1.35 bits per heavy atom. The Morgan fingerprint density at radius 3 is 2.68 bits per heavy atom. The number of nitrogens with one attached hydrogen (secondary N) is 2. The first-order valence-electron chi connectivity index (χ1n) is 10.7. The molecule has 2 N–H and O–H groups in total. The van der Waals surface area contributed by atoms with Gasteiger partial charge in [-0.25, -0.2) is 8.42 Å². The molecule has 2 aliphatic rings. The highest BCUT2D eigenvalue weighted by atomic mass is 32.2. The van der Waals surface area contributed by atoms with Crippen molar-refractivity contribution in [2.24, 2.45) is 5.92 Å². The van der Waals surface area contributed by atoms with Crippen molar-refractivity contribution in [3.8, 4) is 0 Å². The number of ether oxygens (including phenoxy) is 1. The zero-order chi connectivity index (χ0) is 22.6. The average molecular weight is 453 g/mol. The van der Waals surface area contributed by atoms with Crippen molar-refractivity contribution in [1.82, 2.24) is 14.9 Å². The molecule has 31 heavy (non-hydrogen) atoms. The van der Waals surface area contributed by atoms with Crippen molar-refractivity contribution in [2.45, 2.75) is 31.6 Å². The van der Waals surface area contributed by atoms with Gasteiger partial charge < -0.3 is 20.3 Å². The van der Waals surface area contributed by atoms with E-state index in [0.717, 1.165) is 12.2 Å². The van der Waals surface area contributed by atoms with Gasteiger partial charge in [-0.1, -0.05) is 18.2 Å². The minimum Gasteiger partial charge on any atom is -0.370 e. The van der Waals surface area contributed by atoms with Crippen molar-refractivity contribution in [2.75, 3.05) is 50.8 Å². The number of para-hydroxylation sites is 1. The molecule has 3 rings (SSSR count). The number of benzene rings is 1. The maximum absolute atomic E-state index is 13.1. The van der Waals surface area contributed by atoms with Gasteiger partial charge in [-0.3, -0.25) is 9.59 Å². The summed E-state index contributed by atoms with van der Waals surface area (Å²) in [5.74, 6) is -1.71. The summed E-state index contributed by atoms with van der Waals surface area (Å²) in [7, 11) is -3.63. The van der Waals surface area contributed by atoms with Crippen LogP contribution in [0.15, 0.2) is 30.3 Å². The summed E-state index contributed by atoms with van der Waals surface area (Å²) in [6, 6.07) is 9.88. The average Bonchev–Trinajstić information content (AvgIpc) is 3.15. The normalized spacial score (nSPS) is 24.4. The van der Waals surface area contributed by atoms with Gasteiger partial charge in [0, 0.05) is 38.4 Å². The fourth-order valence-corrected chi connectivity index (χ4v) is 5.43. The summed E-state index contributed by atoms with van der Waals surface area (Å²) in [4.78, 5) is 28.0. The summed E-state index contributed by atoms with van der Waals surface area (Å²) in [6.07, 6.45) is 0. The Kier molecular flexibility index (Phi) is 7.23. The number of sulfonamides is 1. The summed E-state index contributed by atoms with van der Waals surface area (Å²) in [6.45, 7) is 7.30. The smallest absolute Gasteiger partial charge is 0.254 e. The van der Waals surface area contributed by atoms with Crippen LogP contribution in [0.3, 0.4) is 0 Å². The van der Waals surface area contributed by atoms with Crippen molar-refractivity contribution >= 4 is 27.5 Å². The van der Waals surface area contributed by atoms with E-state index in [0.29, 0.717) is 19.6 Å². The van der Waals surface area contributed by atoms with E-state index in [-0.39, 0.29) is 25.6 Å². The van der Waals surface area contributed by atoms with E-state index in [1.165, 1.54) is 4.31 Å². The number of hydrogen-bond acceptors (Lipinski definition) is 6. The summed E-state index contributed by atoms with van der Waals surface area (Å²) < 4.78 is 32.5. The molecule has 1 spiro atoms. The van der Waals surface area contributed by atoms with E-state index in [9.17, 15) is 18.0 Å². The maximum Gasteiger partial charge on any atom is 0.254 e. The fourth-order valence-electron chi connectivity index (χ4n) is 4.11. The zero-order valence-corrected chi connectivity index (χ0v) is 19.2. The zero-order valence-electron chi connectivity index (χ0n) is 18.3. The molecule has 172 valence electrons. The molecule has 2 saturated heterocycles. The van der Waals surface area contributed by atoms with Crippen molar-refractivity contribution in [3.63, 3.8) is 0 Å². The topological polar surface area (TPSA) is 108 Å². The Bertz CT molecular complexity index is 892. The van der Waals surface area contributed by atoms with Crippen LogP contribution in [0.5, 0.6) is 0 Å². The Morgan fingerprint density at radius 2 is 2.06 bits per heavy atom. The predicted molar refractivity (Wildman–Crippen MR) is 118 cm³/mol. The molecule has 9 nitrogen and oxygen atoms in total. The first-order valence-corrected chi connectivity index (χ1v) is 12.2. The molecular weight excluding hydrogens is 420 g/mol. The Hall–Kier alpha value is -2.17. The number of morpholine rings is 1. The monoisotopic (exact) mass is 452 g/mol. The van der Waals surface area contributed by atoms with Crippen LogP contribution in [0, 0.1) is 5.92 Å². The number of likely N-dealkylation sites (N-methyl/N-ethyl adjacent to an activating group) is 1. The molecule has 0 bridgehead atoms. The van der Waals surface area contributed by atoms with Gasteiger partial charge in [0.25, 0.3) is 5.91 Å². The molecule has 10 heteroatoms. The van der Waals surface area contributed by atoms with Crippen molar-refractivity contribution < 1.29 is 22.7 Å². The molecule has 1 aromatic carbocycles. The number of amides is 2. The summed E-state index contributed by atoms with van der Waals surface area (Å²) in [5.41, 5.74) is -0.436. The van der Waals surface area contributed by atoms with Crippen molar-refractivity contribution in [3.05, 3.63) is 30.3 Å². The SMILES string of the molecule is CCN(CCNC(=O)[C@H]1CN(S(=O)(=O)C(C)C)C[C@@]12OCCNC2=O)c1ccccc1. The minimum absolute atomic E-state index is 0.0735. The van der Waals surface area contributed by atoms with E-state index in [1.54, 1.807) is 13.8 Å². The minimum atomic E-state index is -3.63. The molecular formula is C21H32N4O5S. The number of nitrogens with zero attached hydrogens (tertiary/aromatic N) is 2. The van der Waals surface area contributed by atoms with E-state index in [4.69, 9.17) is 4.74 Å². The van der Waals surface area contributed by atoms with Crippen LogP contribution in [-0.2, 0) is 24.3 Å². The third kappa shape index (κ3) is 4.70. The van der Waals surface area contributed by atoms with Gasteiger partial charge in [0.2, 0.25) is 15.9 Å². The van der Waals surface area contributed by atoms with Gasteiger partial charge in [0.15, 0.2) is 5.60 Å². The first kappa shape index (κ1) is 23.5. The Balaban J connectivity index is 1.72. The van der Waals surface area contributed by atoms with Crippen molar-refractivity contribution in [1.29, 1.82) is 0 Å². The van der Waals surface area contributed by atoms with Crippen LogP contribution < -0.4 is 15.5 Å². The molecule has 0 aromatic heterocycles. The van der Waals surface area contributed by atoms with E-state index >= 15 is 0 Å². The third-order valence-corrected chi connectivity index (χ3v) is 8.14. The lowest BCUT2D eigenvalue weighted by Crippen LogP contribution is -2.62. The van der Waals surface area contributed by atoms with Gasteiger partial charge in [0.1, 0.15) is 0 Å². The number of carbonyl (C=O) groups is 2. The molecule has 2 atom stereocenters. The lowest BCUT2D eigenvalue weighted by atomic mass is 9.88. The van der Waals surface area contributed by atoms with E-state index < -0.39 is 32.7 Å². The number of carbonyl (C=O) groups excluding carboxylic acids is 2. The second-order valence-electron chi connectivity index (χ2n) is 8.14. The highest BCUT2D eigenvalue weighted by Gasteiger charge is 2.59. The maximum atomic E-state index is 13.1. The molecule has 0 radical (unpaired) electrons. The van der Waals surface area contributed by atoms with Gasteiger partial charge >= 0.3 is 0 Å². The number of anilines is 1. The third-order valence-electron chi connectivity index (χ3n) is 5.95. The molecule has 2 fully saturated rings. The standard InChI is InChI=1S/C21H32N4O5S/c1-4-24(17-8-6-5-7-9-17)12-10-22-19(26)18-14-25(31(28,29)16(2)3)15-21(18)20(27)23-11-13-30-21/h5-9,16,18H,4,10-15H2,1-3H3,(H,22,26)(H,23,27)/t18-,21-/m1/s1. The molecule has 2 aliphatic heterocycles. The first-order chi connectivity index (χ1) is 14.7. The van der Waals surface area contributed by atoms with E-state index in [1.807, 2.05) is 37.3 Å². The number of rotatable bonds is 8. The van der Waals surface area contributed by atoms with Gasteiger partial charge in [-0.15, -0.1) is 0 Å². The summed E-state index contributed by atoms with van der Waals surface area (Å²) in [5, 5.41) is 4.97. The van der Waals surface area contributed by atoms with Crippen LogP contribution in [0.4, 0.5) is 5.69 Å². The van der Waals surface area contributed by atoms with Gasteiger partial charge in [-0.2, -0.15) is 4.31 Å². The van der Waals surface area contributed by atoms with Crippen LogP contribution in [-0.4, -0.2) is 81.3 Å². The molecule has 0 saturated carbocycles. The number of hydrogen-bond donors (Lipinski definition) is 2. The largest absolute Gasteiger partial charge is 0.370 e. The highest BCUT2D eigenvalue weighted by Crippen LogP contribution is 2.35. The lowest BCUT2D eigenvalue weighted by Gasteiger charge is -2.36. The molecule has 2 heterocycles. The van der Waals surface area contributed by atoms with Gasteiger partial charge in [0.05, 0.1) is 24.3 Å². The molecule has 0 unspecified atom stereocenters. The van der Waals surface area contributed by atoms with E-state index in [2.05, 4.69) is 15.5 Å². The molecule has 2 amide bonds. The van der Waals surface area contributed by atoms with Crippen LogP contribution >= 0.6 is 0 Å². The highest BCUT2D eigenvalue weighted by molar-refractivity contribution is 7.89. The van der Waals surface area contributed by atoms with Crippen LogP contribution in [0.1, 0.15) is 20.8 Å². The quantitative estimate of drug-likeness (QED) is 0.583. The van der Waals surface area contributed by atoms with Crippen LogP contribution in [0.2, 0.25) is 0 Å². The lowest BCUT2D eigenvalue weighted by molar-refractivity contribution is -0.163. The molecule has 0 aliphatic carbocycles. The summed E-state index contributed by atoms with van der Waals surface area (Å²) >= 11 is 0. The fraction of sp³-hybridized carbons (Fsp3) is 0.619. The Labute approximate surface area is 184 Å². The van der Waals surface area contributed by atoms with Crippen LogP contribution in [0.25, 0.3) is 0 Å². The predicted octanol–water partition coefficient (Wildman–Crippen LogP) is 0.184. The molecule has 1 aromatic rings. The second kappa shape index (κ2) is 9.54.